The van der Waals surface area contributed by atoms with Gasteiger partial charge in [0.1, 0.15) is 0 Å². The minimum absolute atomic E-state index is 0.408. The van der Waals surface area contributed by atoms with Crippen LogP contribution >= 0.6 is 0 Å². The lowest BCUT2D eigenvalue weighted by molar-refractivity contribution is 0.166. The highest BCUT2D eigenvalue weighted by molar-refractivity contribution is 4.88. The van der Waals surface area contributed by atoms with E-state index in [-0.39, 0.29) is 0 Å². The fraction of sp³-hybridized carbons (Fsp3) is 1.00. The van der Waals surface area contributed by atoms with Crippen LogP contribution < -0.4 is 22.1 Å². The van der Waals surface area contributed by atoms with Gasteiger partial charge in [0.25, 0.3) is 0 Å². The maximum atomic E-state index is 5.68. The lowest BCUT2D eigenvalue weighted by Gasteiger charge is -2.39. The molecule has 1 rings (SSSR count). The van der Waals surface area contributed by atoms with Gasteiger partial charge in [-0.1, -0.05) is 19.3 Å². The molecule has 0 spiro atoms. The predicted molar refractivity (Wildman–Crippen MR) is 78.6 cm³/mol. The van der Waals surface area contributed by atoms with Crippen LogP contribution in [0, 0.1) is 5.41 Å². The first-order chi connectivity index (χ1) is 8.62. The van der Waals surface area contributed by atoms with E-state index in [0.29, 0.717) is 30.6 Å². The van der Waals surface area contributed by atoms with Crippen LogP contribution in [0.3, 0.4) is 0 Å². The normalized spacial score (nSPS) is 22.7. The van der Waals surface area contributed by atoms with E-state index in [4.69, 9.17) is 11.5 Å². The van der Waals surface area contributed by atoms with Gasteiger partial charge in [-0.2, -0.15) is 0 Å². The summed E-state index contributed by atoms with van der Waals surface area (Å²) in [7, 11) is 0. The summed E-state index contributed by atoms with van der Waals surface area (Å²) in [5.41, 5.74) is 11.8. The van der Waals surface area contributed by atoms with E-state index in [2.05, 4.69) is 24.5 Å². The fourth-order valence-corrected chi connectivity index (χ4v) is 2.67. The molecule has 18 heavy (non-hydrogen) atoms. The van der Waals surface area contributed by atoms with Crippen LogP contribution in [-0.4, -0.2) is 38.3 Å². The summed E-state index contributed by atoms with van der Waals surface area (Å²) in [6.45, 7) is 7.90. The third-order valence-corrected chi connectivity index (χ3v) is 4.27. The van der Waals surface area contributed by atoms with E-state index < -0.39 is 0 Å². The second kappa shape index (κ2) is 8.10. The van der Waals surface area contributed by atoms with Crippen LogP contribution in [0.15, 0.2) is 0 Å². The predicted octanol–water partition coefficient (Wildman–Crippen LogP) is 0.811. The van der Waals surface area contributed by atoms with Crippen molar-refractivity contribution >= 4 is 0 Å². The molecule has 0 heterocycles. The van der Waals surface area contributed by atoms with E-state index in [0.717, 1.165) is 13.1 Å². The maximum Gasteiger partial charge on any atom is 0.0162 e. The minimum atomic E-state index is 0.408. The van der Waals surface area contributed by atoms with Crippen LogP contribution in [0.5, 0.6) is 0 Å². The van der Waals surface area contributed by atoms with Gasteiger partial charge in [0.05, 0.1) is 0 Å². The van der Waals surface area contributed by atoms with Crippen LogP contribution in [0.4, 0.5) is 0 Å². The highest BCUT2D eigenvalue weighted by Gasteiger charge is 2.32. The highest BCUT2D eigenvalue weighted by atomic mass is 15.0. The number of nitrogens with two attached hydrogens (primary N) is 2. The Bertz CT molecular complexity index is 198. The quantitative estimate of drug-likeness (QED) is 0.518. The third kappa shape index (κ3) is 5.22. The van der Waals surface area contributed by atoms with E-state index in [1.54, 1.807) is 0 Å². The van der Waals surface area contributed by atoms with Crippen molar-refractivity contribution < 1.29 is 0 Å². The van der Waals surface area contributed by atoms with Crippen molar-refractivity contribution in [1.82, 2.24) is 10.6 Å². The smallest absolute Gasteiger partial charge is 0.0162 e. The summed E-state index contributed by atoms with van der Waals surface area (Å²) >= 11 is 0. The number of hydrogen-bond donors (Lipinski definition) is 4. The molecule has 0 bridgehead atoms. The Morgan fingerprint density at radius 2 is 1.33 bits per heavy atom. The Kier molecular flexibility index (Phi) is 7.15. The Hall–Kier alpha value is -0.160. The summed E-state index contributed by atoms with van der Waals surface area (Å²) < 4.78 is 0. The van der Waals surface area contributed by atoms with Crippen molar-refractivity contribution in [2.24, 2.45) is 16.9 Å². The summed E-state index contributed by atoms with van der Waals surface area (Å²) in [5.74, 6) is 0. The Morgan fingerprint density at radius 1 is 0.889 bits per heavy atom. The van der Waals surface area contributed by atoms with Crippen molar-refractivity contribution in [3.8, 4) is 0 Å². The third-order valence-electron chi connectivity index (χ3n) is 4.27. The molecule has 0 aromatic rings. The Labute approximate surface area is 112 Å². The summed E-state index contributed by atoms with van der Waals surface area (Å²) in [6.07, 6.45) is 6.75. The minimum Gasteiger partial charge on any atom is -0.329 e. The van der Waals surface area contributed by atoms with Crippen molar-refractivity contribution in [3.63, 3.8) is 0 Å². The van der Waals surface area contributed by atoms with E-state index in [1.807, 2.05) is 0 Å². The maximum absolute atomic E-state index is 5.68. The van der Waals surface area contributed by atoms with Gasteiger partial charge in [0, 0.05) is 38.3 Å². The molecule has 6 N–H and O–H groups in total. The molecule has 0 aliphatic heterocycles. The van der Waals surface area contributed by atoms with Crippen LogP contribution in [-0.2, 0) is 0 Å². The van der Waals surface area contributed by atoms with Gasteiger partial charge in [-0.05, 0) is 32.1 Å². The first-order valence-corrected chi connectivity index (χ1v) is 7.49. The monoisotopic (exact) mass is 256 g/mol. The lowest BCUT2D eigenvalue weighted by atomic mass is 9.73. The fourth-order valence-electron chi connectivity index (χ4n) is 2.67. The standard InChI is InChI=1S/C14H32N4/c1-12(8-15)17-10-14(6-4-3-5-7-14)11-18-13(2)9-16/h12-13,17-18H,3-11,15-16H2,1-2H3. The molecule has 4 heteroatoms. The van der Waals surface area contributed by atoms with E-state index in [1.165, 1.54) is 32.1 Å². The van der Waals surface area contributed by atoms with Crippen molar-refractivity contribution in [1.29, 1.82) is 0 Å². The molecule has 0 radical (unpaired) electrons. The lowest BCUT2D eigenvalue weighted by Crippen LogP contribution is -2.49. The molecule has 1 saturated carbocycles. The summed E-state index contributed by atoms with van der Waals surface area (Å²) in [5, 5.41) is 7.18. The zero-order valence-electron chi connectivity index (χ0n) is 12.2. The molecule has 0 aromatic carbocycles. The first-order valence-electron chi connectivity index (χ1n) is 7.49. The average Bonchev–Trinajstić information content (AvgIpc) is 2.43. The van der Waals surface area contributed by atoms with Crippen LogP contribution in [0.2, 0.25) is 0 Å². The molecule has 108 valence electrons. The topological polar surface area (TPSA) is 76.1 Å². The van der Waals surface area contributed by atoms with Crippen molar-refractivity contribution in [2.75, 3.05) is 26.2 Å². The second-order valence-corrected chi connectivity index (χ2v) is 6.10. The molecule has 2 atom stereocenters. The molecule has 2 unspecified atom stereocenters. The van der Waals surface area contributed by atoms with Gasteiger partial charge in [-0.25, -0.2) is 0 Å². The molecule has 0 saturated heterocycles. The molecule has 4 nitrogen and oxygen atoms in total. The first kappa shape index (κ1) is 15.9. The molecule has 0 amide bonds. The van der Waals surface area contributed by atoms with Gasteiger partial charge < -0.3 is 22.1 Å². The second-order valence-electron chi connectivity index (χ2n) is 6.10. The van der Waals surface area contributed by atoms with Crippen LogP contribution in [0.25, 0.3) is 0 Å². The van der Waals surface area contributed by atoms with Gasteiger partial charge in [0.15, 0.2) is 0 Å². The zero-order chi connectivity index (χ0) is 13.4. The SMILES string of the molecule is CC(CN)NCC1(CNC(C)CN)CCCCC1. The molecular weight excluding hydrogens is 224 g/mol. The molecule has 1 fully saturated rings. The van der Waals surface area contributed by atoms with Gasteiger partial charge >= 0.3 is 0 Å². The highest BCUT2D eigenvalue weighted by Crippen LogP contribution is 2.35. The number of hydrogen-bond acceptors (Lipinski definition) is 4. The molecule has 0 aromatic heterocycles. The number of rotatable bonds is 8. The van der Waals surface area contributed by atoms with E-state index in [9.17, 15) is 0 Å². The van der Waals surface area contributed by atoms with Crippen LogP contribution in [0.1, 0.15) is 46.0 Å². The average molecular weight is 256 g/mol. The number of nitrogens with one attached hydrogen (secondary N) is 2. The molecular formula is C14H32N4. The summed E-state index contributed by atoms with van der Waals surface area (Å²) in [4.78, 5) is 0. The van der Waals surface area contributed by atoms with Crippen molar-refractivity contribution in [3.05, 3.63) is 0 Å². The molecule has 1 aliphatic rings. The van der Waals surface area contributed by atoms with Gasteiger partial charge in [0.2, 0.25) is 0 Å². The zero-order valence-corrected chi connectivity index (χ0v) is 12.2. The largest absolute Gasteiger partial charge is 0.329 e. The molecule has 1 aliphatic carbocycles. The Morgan fingerprint density at radius 3 is 1.72 bits per heavy atom. The van der Waals surface area contributed by atoms with E-state index >= 15 is 0 Å². The van der Waals surface area contributed by atoms with Gasteiger partial charge in [-0.15, -0.1) is 0 Å². The Balaban J connectivity index is 2.46. The van der Waals surface area contributed by atoms with Crippen molar-refractivity contribution in [2.45, 2.75) is 58.0 Å². The summed E-state index contributed by atoms with van der Waals surface area (Å²) in [6, 6.07) is 0.825. The van der Waals surface area contributed by atoms with Gasteiger partial charge in [-0.3, -0.25) is 0 Å².